The number of hydrogen-bond donors (Lipinski definition) is 1. The first-order valence-corrected chi connectivity index (χ1v) is 7.79. The summed E-state index contributed by atoms with van der Waals surface area (Å²) in [6.45, 7) is 7.06. The predicted molar refractivity (Wildman–Crippen MR) is 82.8 cm³/mol. The van der Waals surface area contributed by atoms with Gasteiger partial charge >= 0.3 is 0 Å². The highest BCUT2D eigenvalue weighted by Crippen LogP contribution is 2.20. The van der Waals surface area contributed by atoms with Gasteiger partial charge < -0.3 is 10.2 Å². The number of carbonyl (C=O) groups excluding carboxylic acids is 1. The van der Waals surface area contributed by atoms with Gasteiger partial charge in [-0.1, -0.05) is 37.3 Å². The van der Waals surface area contributed by atoms with E-state index >= 15 is 0 Å². The van der Waals surface area contributed by atoms with Crippen LogP contribution in [0.2, 0.25) is 0 Å². The van der Waals surface area contributed by atoms with Crippen LogP contribution in [0.15, 0.2) is 30.3 Å². The molecule has 1 amide bonds. The fourth-order valence-corrected chi connectivity index (χ4v) is 2.81. The lowest BCUT2D eigenvalue weighted by molar-refractivity contribution is -0.133. The molecule has 20 heavy (non-hydrogen) atoms. The molecule has 0 radical (unpaired) electrons. The maximum Gasteiger partial charge on any atom is 0.229 e. The van der Waals surface area contributed by atoms with E-state index in [9.17, 15) is 4.79 Å². The van der Waals surface area contributed by atoms with E-state index in [1.807, 2.05) is 42.2 Å². The summed E-state index contributed by atoms with van der Waals surface area (Å²) in [5, 5.41) is 3.55. The van der Waals surface area contributed by atoms with Crippen molar-refractivity contribution in [2.75, 3.05) is 19.6 Å². The fourth-order valence-electron chi connectivity index (χ4n) is 2.81. The summed E-state index contributed by atoms with van der Waals surface area (Å²) in [5.41, 5.74) is 1.11. The van der Waals surface area contributed by atoms with Crippen LogP contribution in [-0.2, 0) is 4.79 Å². The molecule has 1 saturated heterocycles. The number of nitrogens with zero attached hydrogens (tertiary/aromatic N) is 1. The van der Waals surface area contributed by atoms with Crippen LogP contribution in [0.25, 0.3) is 0 Å². The molecule has 3 heteroatoms. The minimum absolute atomic E-state index is 0.0312. The smallest absolute Gasteiger partial charge is 0.229 e. The number of carbonyl (C=O) groups is 1. The van der Waals surface area contributed by atoms with Crippen molar-refractivity contribution in [3.05, 3.63) is 35.9 Å². The molecule has 0 spiro atoms. The highest BCUT2D eigenvalue weighted by atomic mass is 16.2. The van der Waals surface area contributed by atoms with Crippen LogP contribution in [0.1, 0.15) is 44.6 Å². The van der Waals surface area contributed by atoms with Crippen molar-refractivity contribution in [1.29, 1.82) is 0 Å². The van der Waals surface area contributed by atoms with Crippen molar-refractivity contribution < 1.29 is 4.79 Å². The zero-order valence-corrected chi connectivity index (χ0v) is 12.6. The number of benzene rings is 1. The third-order valence-corrected chi connectivity index (χ3v) is 4.16. The summed E-state index contributed by atoms with van der Waals surface area (Å²) in [6.07, 6.45) is 3.32. The lowest BCUT2D eigenvalue weighted by Gasteiger charge is -2.34. The normalized spacial score (nSPS) is 18.0. The standard InChI is InChI=1S/C17H26N2O/c1-3-11-18-16-9-12-19(13-10-16)17(20)14(2)15-7-5-4-6-8-15/h4-8,14,16,18H,3,9-13H2,1-2H3. The molecule has 2 rings (SSSR count). The molecule has 0 aromatic heterocycles. The summed E-state index contributed by atoms with van der Waals surface area (Å²) in [6, 6.07) is 10.7. The number of amides is 1. The molecule has 1 N–H and O–H groups in total. The number of likely N-dealkylation sites (tertiary alicyclic amines) is 1. The van der Waals surface area contributed by atoms with Gasteiger partial charge in [-0.25, -0.2) is 0 Å². The van der Waals surface area contributed by atoms with Gasteiger partial charge in [-0.15, -0.1) is 0 Å². The molecule has 1 aromatic rings. The fraction of sp³-hybridized carbons (Fsp3) is 0.588. The molecule has 1 fully saturated rings. The molecule has 1 aliphatic heterocycles. The maximum absolute atomic E-state index is 12.5. The van der Waals surface area contributed by atoms with Gasteiger partial charge in [-0.3, -0.25) is 4.79 Å². The van der Waals surface area contributed by atoms with Gasteiger partial charge in [0.25, 0.3) is 0 Å². The minimum Gasteiger partial charge on any atom is -0.342 e. The zero-order chi connectivity index (χ0) is 14.4. The van der Waals surface area contributed by atoms with E-state index in [1.165, 1.54) is 6.42 Å². The van der Waals surface area contributed by atoms with Gasteiger partial charge in [0.15, 0.2) is 0 Å². The van der Waals surface area contributed by atoms with Crippen molar-refractivity contribution in [3.63, 3.8) is 0 Å². The Morgan fingerprint density at radius 3 is 2.55 bits per heavy atom. The van der Waals surface area contributed by atoms with Gasteiger partial charge in [0, 0.05) is 19.1 Å². The van der Waals surface area contributed by atoms with Crippen LogP contribution in [0.3, 0.4) is 0 Å². The molecule has 1 aliphatic rings. The van der Waals surface area contributed by atoms with E-state index < -0.39 is 0 Å². The largest absolute Gasteiger partial charge is 0.342 e. The molecule has 0 bridgehead atoms. The predicted octanol–water partition coefficient (Wildman–Crippen LogP) is 2.78. The summed E-state index contributed by atoms with van der Waals surface area (Å²) >= 11 is 0. The van der Waals surface area contributed by atoms with E-state index in [0.29, 0.717) is 6.04 Å². The first-order chi connectivity index (χ1) is 9.72. The van der Waals surface area contributed by atoms with Gasteiger partial charge in [0.05, 0.1) is 5.92 Å². The average Bonchev–Trinajstić information content (AvgIpc) is 2.53. The SMILES string of the molecule is CCCNC1CCN(C(=O)C(C)c2ccccc2)CC1. The minimum atomic E-state index is -0.0312. The number of piperidine rings is 1. The van der Waals surface area contributed by atoms with Gasteiger partial charge in [-0.05, 0) is 38.3 Å². The number of hydrogen-bond acceptors (Lipinski definition) is 2. The summed E-state index contributed by atoms with van der Waals surface area (Å²) < 4.78 is 0. The summed E-state index contributed by atoms with van der Waals surface area (Å²) in [4.78, 5) is 14.6. The van der Waals surface area contributed by atoms with Crippen LogP contribution in [0.4, 0.5) is 0 Å². The van der Waals surface area contributed by atoms with E-state index in [1.54, 1.807) is 0 Å². The summed E-state index contributed by atoms with van der Waals surface area (Å²) in [5.74, 6) is 0.237. The van der Waals surface area contributed by atoms with Crippen molar-refractivity contribution >= 4 is 5.91 Å². The molecular weight excluding hydrogens is 248 g/mol. The molecule has 1 heterocycles. The van der Waals surface area contributed by atoms with E-state index in [2.05, 4.69) is 12.2 Å². The van der Waals surface area contributed by atoms with Crippen LogP contribution < -0.4 is 5.32 Å². The molecule has 1 atom stereocenters. The first-order valence-electron chi connectivity index (χ1n) is 7.79. The van der Waals surface area contributed by atoms with Crippen molar-refractivity contribution in [2.45, 2.75) is 45.1 Å². The van der Waals surface area contributed by atoms with Crippen LogP contribution >= 0.6 is 0 Å². The van der Waals surface area contributed by atoms with Crippen LogP contribution in [0, 0.1) is 0 Å². The molecular formula is C17H26N2O. The highest BCUT2D eigenvalue weighted by molar-refractivity contribution is 5.83. The van der Waals surface area contributed by atoms with Crippen LogP contribution in [0.5, 0.6) is 0 Å². The molecule has 0 aliphatic carbocycles. The van der Waals surface area contributed by atoms with Gasteiger partial charge in [0.2, 0.25) is 5.91 Å². The van der Waals surface area contributed by atoms with Gasteiger partial charge in [0.1, 0.15) is 0 Å². The van der Waals surface area contributed by atoms with Crippen molar-refractivity contribution in [3.8, 4) is 0 Å². The Hall–Kier alpha value is -1.35. The number of rotatable bonds is 5. The maximum atomic E-state index is 12.5. The van der Waals surface area contributed by atoms with Crippen molar-refractivity contribution in [2.24, 2.45) is 0 Å². The third kappa shape index (κ3) is 3.83. The topological polar surface area (TPSA) is 32.3 Å². The lowest BCUT2D eigenvalue weighted by atomic mass is 9.97. The van der Waals surface area contributed by atoms with Crippen molar-refractivity contribution in [1.82, 2.24) is 10.2 Å². The average molecular weight is 274 g/mol. The van der Waals surface area contributed by atoms with E-state index in [-0.39, 0.29) is 11.8 Å². The summed E-state index contributed by atoms with van der Waals surface area (Å²) in [7, 11) is 0. The first kappa shape index (κ1) is 15.0. The molecule has 0 saturated carbocycles. The second-order valence-corrected chi connectivity index (χ2v) is 5.69. The second kappa shape index (κ2) is 7.44. The second-order valence-electron chi connectivity index (χ2n) is 5.69. The molecule has 110 valence electrons. The molecule has 3 nitrogen and oxygen atoms in total. The Morgan fingerprint density at radius 2 is 1.95 bits per heavy atom. The zero-order valence-electron chi connectivity index (χ0n) is 12.6. The lowest BCUT2D eigenvalue weighted by Crippen LogP contribution is -2.46. The highest BCUT2D eigenvalue weighted by Gasteiger charge is 2.26. The monoisotopic (exact) mass is 274 g/mol. The Kier molecular flexibility index (Phi) is 5.60. The van der Waals surface area contributed by atoms with E-state index in [4.69, 9.17) is 0 Å². The molecule has 1 aromatic carbocycles. The molecule has 1 unspecified atom stereocenters. The Labute approximate surface area is 122 Å². The van der Waals surface area contributed by atoms with Gasteiger partial charge in [-0.2, -0.15) is 0 Å². The quantitative estimate of drug-likeness (QED) is 0.895. The van der Waals surface area contributed by atoms with Crippen LogP contribution in [-0.4, -0.2) is 36.5 Å². The Morgan fingerprint density at radius 1 is 1.30 bits per heavy atom. The number of nitrogens with one attached hydrogen (secondary N) is 1. The Bertz CT molecular complexity index is 410. The third-order valence-electron chi connectivity index (χ3n) is 4.16. The Balaban J connectivity index is 1.85. The van der Waals surface area contributed by atoms with E-state index in [0.717, 1.165) is 38.0 Å².